The second-order valence-electron chi connectivity index (χ2n) is 2.36. The Labute approximate surface area is 65.9 Å². The van der Waals surface area contributed by atoms with Crippen LogP contribution in [-0.2, 0) is 9.53 Å². The Balaban J connectivity index is 2.69. The molecule has 0 aromatic rings. The van der Waals surface area contributed by atoms with Gasteiger partial charge in [0.2, 0.25) is 0 Å². The number of hydrogen-bond donors (Lipinski definition) is 0. The second kappa shape index (κ2) is 3.76. The maximum Gasteiger partial charge on any atom is 0.298 e. The van der Waals surface area contributed by atoms with E-state index >= 15 is 0 Å². The van der Waals surface area contributed by atoms with Gasteiger partial charge in [0.15, 0.2) is 0 Å². The molecule has 0 saturated carbocycles. The van der Waals surface area contributed by atoms with Crippen LogP contribution in [0.25, 0.3) is 0 Å². The van der Waals surface area contributed by atoms with Gasteiger partial charge in [-0.2, -0.15) is 0 Å². The first kappa shape index (κ1) is 7.79. The summed E-state index contributed by atoms with van der Waals surface area (Å²) in [5.74, 6) is 0.688. The molecule has 2 heteroatoms. The van der Waals surface area contributed by atoms with E-state index in [0.717, 1.165) is 5.57 Å². The first-order valence-electron chi connectivity index (χ1n) is 3.47. The highest BCUT2D eigenvalue weighted by molar-refractivity contribution is 5.41. The van der Waals surface area contributed by atoms with Gasteiger partial charge in [-0.05, 0) is 13.0 Å². The molecule has 0 unspecified atom stereocenters. The maximum absolute atomic E-state index is 9.96. The lowest BCUT2D eigenvalue weighted by molar-refractivity contribution is -0.125. The molecule has 0 spiro atoms. The molecule has 0 aromatic heterocycles. The van der Waals surface area contributed by atoms with Gasteiger partial charge in [-0.3, -0.25) is 4.79 Å². The fourth-order valence-corrected chi connectivity index (χ4v) is 0.858. The van der Waals surface area contributed by atoms with E-state index < -0.39 is 0 Å². The van der Waals surface area contributed by atoms with Crippen LogP contribution in [0.2, 0.25) is 0 Å². The quantitative estimate of drug-likeness (QED) is 0.562. The van der Waals surface area contributed by atoms with Crippen molar-refractivity contribution in [2.75, 3.05) is 0 Å². The van der Waals surface area contributed by atoms with Crippen LogP contribution in [0, 0.1) is 0 Å². The molecule has 0 aliphatic heterocycles. The van der Waals surface area contributed by atoms with Crippen molar-refractivity contribution in [3.63, 3.8) is 0 Å². The molecule has 1 aliphatic carbocycles. The first-order chi connectivity index (χ1) is 5.33. The fraction of sp³-hybridized carbons (Fsp3) is 0.222. The Bertz CT molecular complexity index is 234. The summed E-state index contributed by atoms with van der Waals surface area (Å²) in [6.45, 7) is 2.45. The molecule has 11 heavy (non-hydrogen) atoms. The lowest BCUT2D eigenvalue weighted by Crippen LogP contribution is -1.86. The second-order valence-corrected chi connectivity index (χ2v) is 2.36. The molecule has 0 heterocycles. The number of carbonyl (C=O) groups excluding carboxylic acids is 1. The van der Waals surface area contributed by atoms with Crippen LogP contribution in [0.3, 0.4) is 0 Å². The van der Waals surface area contributed by atoms with E-state index in [1.807, 2.05) is 31.2 Å². The summed E-state index contributed by atoms with van der Waals surface area (Å²) >= 11 is 0. The van der Waals surface area contributed by atoms with Crippen molar-refractivity contribution in [3.8, 4) is 0 Å². The van der Waals surface area contributed by atoms with Crippen molar-refractivity contribution in [3.05, 3.63) is 35.6 Å². The van der Waals surface area contributed by atoms with E-state index in [1.54, 1.807) is 0 Å². The number of carbonyl (C=O) groups is 1. The molecule has 58 valence electrons. The monoisotopic (exact) mass is 150 g/mol. The highest BCUT2D eigenvalue weighted by atomic mass is 16.5. The Kier molecular flexibility index (Phi) is 2.66. The minimum atomic E-state index is 0.453. The summed E-state index contributed by atoms with van der Waals surface area (Å²) in [6, 6.07) is 0. The van der Waals surface area contributed by atoms with Gasteiger partial charge in [0.25, 0.3) is 6.47 Å². The molecule has 0 fully saturated rings. The molecular formula is C9H10O2. The number of rotatable bonds is 2. The normalized spacial score (nSPS) is 16.5. The smallest absolute Gasteiger partial charge is 0.298 e. The molecule has 0 N–H and O–H groups in total. The van der Waals surface area contributed by atoms with Gasteiger partial charge in [0.1, 0.15) is 5.76 Å². The minimum absolute atomic E-state index is 0.453. The molecule has 0 atom stereocenters. The van der Waals surface area contributed by atoms with Gasteiger partial charge >= 0.3 is 0 Å². The van der Waals surface area contributed by atoms with Gasteiger partial charge in [0.05, 0.1) is 0 Å². The Morgan fingerprint density at radius 2 is 2.36 bits per heavy atom. The van der Waals surface area contributed by atoms with Crippen molar-refractivity contribution in [2.45, 2.75) is 13.3 Å². The largest absolute Gasteiger partial charge is 0.433 e. The lowest BCUT2D eigenvalue weighted by atomic mass is 10.3. The third-order valence-electron chi connectivity index (χ3n) is 1.43. The topological polar surface area (TPSA) is 26.3 Å². The van der Waals surface area contributed by atoms with E-state index in [4.69, 9.17) is 4.74 Å². The predicted octanol–water partition coefficient (Wildman–Crippen LogP) is 1.95. The molecule has 0 radical (unpaired) electrons. The van der Waals surface area contributed by atoms with Crippen LogP contribution >= 0.6 is 0 Å². The van der Waals surface area contributed by atoms with Crippen molar-refractivity contribution < 1.29 is 9.53 Å². The molecule has 1 aliphatic rings. The summed E-state index contributed by atoms with van der Waals surface area (Å²) in [5, 5.41) is 0. The average molecular weight is 150 g/mol. The molecule has 2 nitrogen and oxygen atoms in total. The van der Waals surface area contributed by atoms with Crippen LogP contribution in [0.5, 0.6) is 0 Å². The Morgan fingerprint density at radius 3 is 3.09 bits per heavy atom. The maximum atomic E-state index is 9.96. The van der Waals surface area contributed by atoms with E-state index in [2.05, 4.69) is 0 Å². The van der Waals surface area contributed by atoms with Gasteiger partial charge in [0, 0.05) is 6.42 Å². The third-order valence-corrected chi connectivity index (χ3v) is 1.43. The van der Waals surface area contributed by atoms with Crippen molar-refractivity contribution in [2.24, 2.45) is 0 Å². The van der Waals surface area contributed by atoms with Crippen LogP contribution < -0.4 is 0 Å². The highest BCUT2D eigenvalue weighted by Gasteiger charge is 1.96. The van der Waals surface area contributed by atoms with Crippen molar-refractivity contribution >= 4 is 6.47 Å². The van der Waals surface area contributed by atoms with E-state index in [-0.39, 0.29) is 0 Å². The highest BCUT2D eigenvalue weighted by Crippen LogP contribution is 2.10. The summed E-state index contributed by atoms with van der Waals surface area (Å²) in [6.07, 6.45) is 8.38. The van der Waals surface area contributed by atoms with Crippen molar-refractivity contribution in [1.29, 1.82) is 0 Å². The summed E-state index contributed by atoms with van der Waals surface area (Å²) in [4.78, 5) is 9.96. The Morgan fingerprint density at radius 1 is 1.55 bits per heavy atom. The van der Waals surface area contributed by atoms with E-state index in [9.17, 15) is 4.79 Å². The predicted molar refractivity (Wildman–Crippen MR) is 42.7 cm³/mol. The summed E-state index contributed by atoms with van der Waals surface area (Å²) < 4.78 is 4.70. The summed E-state index contributed by atoms with van der Waals surface area (Å²) in [7, 11) is 0. The van der Waals surface area contributed by atoms with Crippen molar-refractivity contribution in [1.82, 2.24) is 0 Å². The van der Waals surface area contributed by atoms with Gasteiger partial charge in [-0.1, -0.05) is 23.8 Å². The molecule has 0 aromatic carbocycles. The van der Waals surface area contributed by atoms with Gasteiger partial charge in [-0.15, -0.1) is 0 Å². The molecule has 0 bridgehead atoms. The van der Waals surface area contributed by atoms with Gasteiger partial charge < -0.3 is 4.74 Å². The standard InChI is InChI=1S/C9H10O2/c1-8-3-2-4-9(6-5-8)11-7-10/h2-3,5-7H,4H2,1H3. The van der Waals surface area contributed by atoms with Crippen LogP contribution in [0.1, 0.15) is 13.3 Å². The fourth-order valence-electron chi connectivity index (χ4n) is 0.858. The molecule has 0 saturated heterocycles. The average Bonchev–Trinajstić information content (AvgIpc) is 2.17. The van der Waals surface area contributed by atoms with Crippen LogP contribution in [0.4, 0.5) is 0 Å². The summed E-state index contributed by atoms with van der Waals surface area (Å²) in [5.41, 5.74) is 1.16. The molecular weight excluding hydrogens is 140 g/mol. The number of ether oxygens (including phenoxy) is 1. The zero-order valence-corrected chi connectivity index (χ0v) is 6.41. The van der Waals surface area contributed by atoms with Crippen LogP contribution in [0.15, 0.2) is 35.6 Å². The molecule has 0 amide bonds. The Hall–Kier alpha value is -1.31. The molecule has 1 rings (SSSR count). The first-order valence-corrected chi connectivity index (χ1v) is 3.47. The van der Waals surface area contributed by atoms with E-state index in [0.29, 0.717) is 18.7 Å². The number of allylic oxidation sites excluding steroid dienone is 5. The lowest BCUT2D eigenvalue weighted by Gasteiger charge is -1.96. The SMILES string of the molecule is CC1=CC=C(OC=O)CC=C1. The zero-order valence-electron chi connectivity index (χ0n) is 6.41. The van der Waals surface area contributed by atoms with E-state index in [1.165, 1.54) is 0 Å². The van der Waals surface area contributed by atoms with Crippen LogP contribution in [-0.4, -0.2) is 6.47 Å². The zero-order chi connectivity index (χ0) is 8.10. The third kappa shape index (κ3) is 2.42. The number of hydrogen-bond acceptors (Lipinski definition) is 2. The minimum Gasteiger partial charge on any atom is -0.433 e. The van der Waals surface area contributed by atoms with Gasteiger partial charge in [-0.25, -0.2) is 0 Å².